The smallest absolute Gasteiger partial charge is 0.261 e. The van der Waals surface area contributed by atoms with E-state index in [1.54, 1.807) is 17.5 Å². The Kier molecular flexibility index (Phi) is 7.52. The number of nitrogens with two attached hydrogens (primary N) is 1. The van der Waals surface area contributed by atoms with Crippen LogP contribution in [0.4, 0.5) is 0 Å². The Hall–Kier alpha value is -2.28. The molecule has 0 aromatic carbocycles. The summed E-state index contributed by atoms with van der Waals surface area (Å²) in [5, 5.41) is 26.8. The lowest BCUT2D eigenvalue weighted by atomic mass is 9.89. The molecule has 1 heterocycles. The van der Waals surface area contributed by atoms with Gasteiger partial charge in [-0.05, 0) is 17.9 Å². The van der Waals surface area contributed by atoms with E-state index in [4.69, 9.17) is 5.73 Å². The molecule has 1 aromatic rings. The van der Waals surface area contributed by atoms with Crippen LogP contribution >= 0.6 is 11.3 Å². The number of carbonyl (C=O) groups is 3. The number of hydrogen-bond donors (Lipinski definition) is 5. The van der Waals surface area contributed by atoms with Crippen LogP contribution in [-0.4, -0.2) is 72.7 Å². The lowest BCUT2D eigenvalue weighted by Crippen LogP contribution is -2.52. The first-order valence-electron chi connectivity index (χ1n) is 8.67. The molecule has 0 radical (unpaired) electrons. The van der Waals surface area contributed by atoms with Gasteiger partial charge in [0.25, 0.3) is 5.91 Å². The fraction of sp³-hybridized carbons (Fsp3) is 0.471. The number of hydrogen-bond acceptors (Lipinski definition) is 8. The minimum absolute atomic E-state index is 0.0323. The lowest BCUT2D eigenvalue weighted by molar-refractivity contribution is -0.125. The van der Waals surface area contributed by atoms with Crippen LogP contribution in [0, 0.1) is 0 Å². The summed E-state index contributed by atoms with van der Waals surface area (Å²) >= 11 is 1.19. The predicted molar refractivity (Wildman–Crippen MR) is 106 cm³/mol. The fourth-order valence-corrected chi connectivity index (χ4v) is 4.05. The van der Waals surface area contributed by atoms with Crippen molar-refractivity contribution in [3.63, 3.8) is 0 Å². The number of aliphatic hydroxyl groups excluding tert-OH is 2. The van der Waals surface area contributed by atoms with Crippen LogP contribution in [-0.2, 0) is 19.4 Å². The largest absolute Gasteiger partial charge is 0.390 e. The normalized spacial score (nSPS) is 23.0. The third-order valence-corrected chi connectivity index (χ3v) is 6.18. The van der Waals surface area contributed by atoms with E-state index in [2.05, 4.69) is 10.6 Å². The predicted octanol–water partition coefficient (Wildman–Crippen LogP) is -1.70. The number of aliphatic hydroxyl groups is 2. The molecule has 1 aliphatic carbocycles. The average molecular weight is 446 g/mol. The molecule has 29 heavy (non-hydrogen) atoms. The number of thiophene rings is 1. The summed E-state index contributed by atoms with van der Waals surface area (Å²) in [6.45, 7) is 0. The van der Waals surface area contributed by atoms with E-state index in [-0.39, 0.29) is 24.2 Å². The third-order valence-electron chi connectivity index (χ3n) is 4.33. The van der Waals surface area contributed by atoms with Crippen molar-refractivity contribution in [3.05, 3.63) is 34.0 Å². The molecule has 0 bridgehead atoms. The summed E-state index contributed by atoms with van der Waals surface area (Å²) in [5.41, 5.74) is 5.26. The molecule has 0 saturated carbocycles. The maximum atomic E-state index is 12.5. The molecule has 1 aromatic heterocycles. The number of carbonyl (C=O) groups excluding carboxylic acids is 3. The summed E-state index contributed by atoms with van der Waals surface area (Å²) in [5.74, 6) is -2.47. The first-order chi connectivity index (χ1) is 13.5. The molecule has 0 saturated heterocycles. The minimum Gasteiger partial charge on any atom is -0.390 e. The van der Waals surface area contributed by atoms with Gasteiger partial charge in [0, 0.05) is 18.2 Å². The number of sulfone groups is 1. The summed E-state index contributed by atoms with van der Waals surface area (Å²) in [6, 6.07) is 1.02. The Morgan fingerprint density at radius 2 is 2.00 bits per heavy atom. The van der Waals surface area contributed by atoms with Gasteiger partial charge in [-0.2, -0.15) is 0 Å². The molecule has 1 aliphatic rings. The highest BCUT2D eigenvalue weighted by atomic mass is 32.2. The van der Waals surface area contributed by atoms with Crippen LogP contribution in [0.3, 0.4) is 0 Å². The number of nitrogens with one attached hydrogen (secondary N) is 2. The topological polar surface area (TPSA) is 176 Å². The van der Waals surface area contributed by atoms with Crippen molar-refractivity contribution in [3.8, 4) is 0 Å². The van der Waals surface area contributed by atoms with Crippen LogP contribution < -0.4 is 16.4 Å². The molecule has 0 aliphatic heterocycles. The Morgan fingerprint density at radius 1 is 1.31 bits per heavy atom. The van der Waals surface area contributed by atoms with Gasteiger partial charge in [0.05, 0.1) is 22.8 Å². The molecular formula is C17H23N3O7S2. The van der Waals surface area contributed by atoms with Gasteiger partial charge in [-0.3, -0.25) is 14.4 Å². The van der Waals surface area contributed by atoms with Crippen LogP contribution in [0.25, 0.3) is 0 Å². The highest BCUT2D eigenvalue weighted by Crippen LogP contribution is 2.21. The Morgan fingerprint density at radius 3 is 2.55 bits per heavy atom. The Labute approximate surface area is 171 Å². The molecule has 0 spiro atoms. The molecule has 4 atom stereocenters. The highest BCUT2D eigenvalue weighted by Gasteiger charge is 2.34. The van der Waals surface area contributed by atoms with Crippen molar-refractivity contribution in [2.24, 2.45) is 5.73 Å². The molecule has 0 fully saturated rings. The van der Waals surface area contributed by atoms with E-state index in [0.717, 1.165) is 6.26 Å². The second kappa shape index (κ2) is 9.48. The Bertz CT molecular complexity index is 896. The number of rotatable bonds is 8. The molecule has 3 amide bonds. The van der Waals surface area contributed by atoms with Crippen LogP contribution in [0.15, 0.2) is 29.2 Å². The van der Waals surface area contributed by atoms with E-state index in [0.29, 0.717) is 4.88 Å². The van der Waals surface area contributed by atoms with Gasteiger partial charge >= 0.3 is 0 Å². The van der Waals surface area contributed by atoms with Crippen molar-refractivity contribution in [1.82, 2.24) is 10.6 Å². The van der Waals surface area contributed by atoms with Gasteiger partial charge in [-0.25, -0.2) is 8.42 Å². The zero-order chi connectivity index (χ0) is 21.8. The average Bonchev–Trinajstić information content (AvgIpc) is 3.15. The van der Waals surface area contributed by atoms with E-state index < -0.39 is 51.9 Å². The third kappa shape index (κ3) is 6.63. The molecule has 10 nitrogen and oxygen atoms in total. The maximum Gasteiger partial charge on any atom is 0.261 e. The molecule has 12 heteroatoms. The van der Waals surface area contributed by atoms with Crippen LogP contribution in [0.2, 0.25) is 0 Å². The zero-order valence-electron chi connectivity index (χ0n) is 15.6. The lowest BCUT2D eigenvalue weighted by Gasteiger charge is -2.31. The Balaban J connectivity index is 2.12. The van der Waals surface area contributed by atoms with Crippen molar-refractivity contribution in [1.29, 1.82) is 0 Å². The van der Waals surface area contributed by atoms with Crippen molar-refractivity contribution in [2.45, 2.75) is 37.1 Å². The summed E-state index contributed by atoms with van der Waals surface area (Å²) in [7, 11) is -3.37. The molecule has 2 rings (SSSR count). The zero-order valence-corrected chi connectivity index (χ0v) is 17.2. The van der Waals surface area contributed by atoms with Crippen LogP contribution in [0.1, 0.15) is 22.5 Å². The summed E-state index contributed by atoms with van der Waals surface area (Å²) < 4.78 is 22.6. The first kappa shape index (κ1) is 23.0. The van der Waals surface area contributed by atoms with E-state index >= 15 is 0 Å². The van der Waals surface area contributed by atoms with E-state index in [1.165, 1.54) is 17.4 Å². The van der Waals surface area contributed by atoms with Crippen molar-refractivity contribution >= 4 is 38.9 Å². The van der Waals surface area contributed by atoms with Crippen molar-refractivity contribution < 1.29 is 33.0 Å². The van der Waals surface area contributed by atoms with Gasteiger partial charge in [0.15, 0.2) is 0 Å². The van der Waals surface area contributed by atoms with Gasteiger partial charge in [0.1, 0.15) is 22.0 Å². The van der Waals surface area contributed by atoms with E-state index in [1.807, 2.05) is 0 Å². The SMILES string of the molecule is CS(=O)(=O)CC[C@H](NC(=O)C1=C[C@@H](NC(=O)c2cccs2)[C@@H](O)[C@H](O)C1)C(N)=O. The monoisotopic (exact) mass is 445 g/mol. The van der Waals surface area contributed by atoms with Gasteiger partial charge in [-0.15, -0.1) is 11.3 Å². The molecule has 160 valence electrons. The minimum atomic E-state index is -3.37. The standard InChI is InChI=1S/C17H23N3O7S2/c1-29(26,27)6-4-10(15(18)23)19-16(24)9-7-11(14(22)12(21)8-9)20-17(25)13-3-2-5-28-13/h2-3,5,7,10-12,14,21-22H,4,6,8H2,1H3,(H2,18,23)(H,19,24)(H,20,25)/t10-,11+,12+,14+/m0/s1. The van der Waals surface area contributed by atoms with E-state index in [9.17, 15) is 33.0 Å². The van der Waals surface area contributed by atoms with Gasteiger partial charge < -0.3 is 26.6 Å². The highest BCUT2D eigenvalue weighted by molar-refractivity contribution is 7.90. The van der Waals surface area contributed by atoms with Crippen molar-refractivity contribution in [2.75, 3.05) is 12.0 Å². The second-order valence-corrected chi connectivity index (χ2v) is 9.98. The van der Waals surface area contributed by atoms with Gasteiger partial charge in [-0.1, -0.05) is 12.1 Å². The molecule has 6 N–H and O–H groups in total. The molecular weight excluding hydrogens is 422 g/mol. The first-order valence-corrected chi connectivity index (χ1v) is 11.6. The van der Waals surface area contributed by atoms with Crippen LogP contribution in [0.5, 0.6) is 0 Å². The van der Waals surface area contributed by atoms with Gasteiger partial charge in [0.2, 0.25) is 11.8 Å². The summed E-state index contributed by atoms with van der Waals surface area (Å²) in [4.78, 5) is 36.7. The quantitative estimate of drug-likeness (QED) is 0.317. The number of amides is 3. The summed E-state index contributed by atoms with van der Waals surface area (Å²) in [6.07, 6.45) is -0.764. The maximum absolute atomic E-state index is 12.5. The number of primary amides is 1. The molecule has 0 unspecified atom stereocenters. The second-order valence-electron chi connectivity index (χ2n) is 6.78. The fourth-order valence-electron chi connectivity index (χ4n) is 2.76.